The summed E-state index contributed by atoms with van der Waals surface area (Å²) >= 11 is 7.08. The number of nitrogens with two attached hydrogens (primary N) is 1. The largest absolute Gasteiger partial charge is 0.392 e. The maximum atomic E-state index is 12.3. The van der Waals surface area contributed by atoms with Crippen LogP contribution in [0.5, 0.6) is 0 Å². The van der Waals surface area contributed by atoms with E-state index in [0.717, 1.165) is 37.9 Å². The van der Waals surface area contributed by atoms with Gasteiger partial charge in [0.05, 0.1) is 10.4 Å². The molecule has 2 unspecified atom stereocenters. The van der Waals surface area contributed by atoms with Gasteiger partial charge in [-0.15, -0.1) is 0 Å². The summed E-state index contributed by atoms with van der Waals surface area (Å²) in [5, 5.41) is 3.88. The molecule has 0 aromatic carbocycles. The molecule has 0 spiro atoms. The van der Waals surface area contributed by atoms with Crippen LogP contribution in [0.1, 0.15) is 45.4 Å². The Morgan fingerprint density at radius 2 is 2.22 bits per heavy atom. The molecule has 0 aliphatic heterocycles. The van der Waals surface area contributed by atoms with E-state index in [0.29, 0.717) is 16.3 Å². The standard InChI is InChI=1S/C13H22N2OS2/c1-2-18-10-5-4-9(8-10)15-12(16)13(11(14)17)6-3-7-13/h9-10H,2-8H2,1H3,(H2,14,17)(H,15,16). The first kappa shape index (κ1) is 14.1. The fourth-order valence-corrected chi connectivity index (χ4v) is 4.34. The molecule has 0 bridgehead atoms. The Bertz CT molecular complexity index is 342. The molecule has 0 radical (unpaired) electrons. The second-order valence-electron chi connectivity index (χ2n) is 5.36. The lowest BCUT2D eigenvalue weighted by Gasteiger charge is -2.39. The summed E-state index contributed by atoms with van der Waals surface area (Å²) in [5.41, 5.74) is 5.23. The van der Waals surface area contributed by atoms with Crippen LogP contribution in [0, 0.1) is 5.41 Å². The number of thioether (sulfide) groups is 1. The maximum Gasteiger partial charge on any atom is 0.233 e. The Kier molecular flexibility index (Phi) is 4.54. The van der Waals surface area contributed by atoms with E-state index < -0.39 is 5.41 Å². The van der Waals surface area contributed by atoms with Gasteiger partial charge in [0.1, 0.15) is 0 Å². The van der Waals surface area contributed by atoms with Crippen molar-refractivity contribution >= 4 is 34.9 Å². The smallest absolute Gasteiger partial charge is 0.233 e. The molecule has 2 atom stereocenters. The average Bonchev–Trinajstić information content (AvgIpc) is 2.63. The molecule has 2 aliphatic carbocycles. The highest BCUT2D eigenvalue weighted by Gasteiger charge is 2.47. The summed E-state index contributed by atoms with van der Waals surface area (Å²) in [7, 11) is 0. The van der Waals surface area contributed by atoms with Gasteiger partial charge in [0.2, 0.25) is 5.91 Å². The van der Waals surface area contributed by atoms with Crippen LogP contribution < -0.4 is 11.1 Å². The molecule has 0 heterocycles. The molecular formula is C13H22N2OS2. The van der Waals surface area contributed by atoms with Gasteiger partial charge in [0.15, 0.2) is 0 Å². The predicted octanol–water partition coefficient (Wildman–Crippen LogP) is 2.23. The summed E-state index contributed by atoms with van der Waals surface area (Å²) in [6, 6.07) is 0.327. The van der Waals surface area contributed by atoms with Gasteiger partial charge in [-0.25, -0.2) is 0 Å². The number of hydrogen-bond donors (Lipinski definition) is 2. The number of carbonyl (C=O) groups is 1. The van der Waals surface area contributed by atoms with Crippen LogP contribution in [-0.2, 0) is 4.79 Å². The first-order valence-electron chi connectivity index (χ1n) is 6.81. The first-order valence-corrected chi connectivity index (χ1v) is 8.26. The van der Waals surface area contributed by atoms with Gasteiger partial charge in [-0.1, -0.05) is 25.6 Å². The van der Waals surface area contributed by atoms with Crippen LogP contribution in [0.25, 0.3) is 0 Å². The van der Waals surface area contributed by atoms with Gasteiger partial charge in [-0.2, -0.15) is 11.8 Å². The van der Waals surface area contributed by atoms with Crippen LogP contribution in [-0.4, -0.2) is 27.9 Å². The number of hydrogen-bond acceptors (Lipinski definition) is 3. The van der Waals surface area contributed by atoms with Crippen molar-refractivity contribution in [2.45, 2.75) is 56.7 Å². The van der Waals surface area contributed by atoms with Crippen LogP contribution >= 0.6 is 24.0 Å². The van der Waals surface area contributed by atoms with Crippen molar-refractivity contribution in [3.05, 3.63) is 0 Å². The van der Waals surface area contributed by atoms with Crippen LogP contribution in [0.2, 0.25) is 0 Å². The van der Waals surface area contributed by atoms with E-state index in [1.165, 1.54) is 6.42 Å². The molecule has 1 amide bonds. The van der Waals surface area contributed by atoms with E-state index in [2.05, 4.69) is 12.2 Å². The summed E-state index contributed by atoms with van der Waals surface area (Å²) in [4.78, 5) is 12.7. The lowest BCUT2D eigenvalue weighted by molar-refractivity contribution is -0.131. The minimum absolute atomic E-state index is 0.0772. The topological polar surface area (TPSA) is 55.1 Å². The normalized spacial score (nSPS) is 29.6. The van der Waals surface area contributed by atoms with Gasteiger partial charge in [0.25, 0.3) is 0 Å². The van der Waals surface area contributed by atoms with E-state index >= 15 is 0 Å². The molecule has 102 valence electrons. The number of nitrogens with one attached hydrogen (secondary N) is 1. The van der Waals surface area contributed by atoms with E-state index in [-0.39, 0.29) is 5.91 Å². The highest BCUT2D eigenvalue weighted by Crippen LogP contribution is 2.42. The Labute approximate surface area is 119 Å². The van der Waals surface area contributed by atoms with Crippen molar-refractivity contribution in [2.75, 3.05) is 5.75 Å². The van der Waals surface area contributed by atoms with E-state index in [9.17, 15) is 4.79 Å². The van der Waals surface area contributed by atoms with Crippen molar-refractivity contribution in [2.24, 2.45) is 11.1 Å². The van der Waals surface area contributed by atoms with Crippen LogP contribution in [0.4, 0.5) is 0 Å². The Morgan fingerprint density at radius 1 is 1.50 bits per heavy atom. The summed E-state index contributed by atoms with van der Waals surface area (Å²) in [6.07, 6.45) is 6.11. The molecule has 2 fully saturated rings. The molecule has 3 nitrogen and oxygen atoms in total. The fourth-order valence-electron chi connectivity index (χ4n) is 2.90. The number of carbonyl (C=O) groups excluding carboxylic acids is 1. The third kappa shape index (κ3) is 2.67. The Balaban J connectivity index is 1.87. The highest BCUT2D eigenvalue weighted by atomic mass is 32.2. The van der Waals surface area contributed by atoms with Gasteiger partial charge in [-0.05, 0) is 37.9 Å². The second kappa shape index (κ2) is 5.78. The Hall–Kier alpha value is -0.290. The third-order valence-corrected chi connectivity index (χ3v) is 5.86. The average molecular weight is 286 g/mol. The predicted molar refractivity (Wildman–Crippen MR) is 80.8 cm³/mol. The molecule has 0 aromatic rings. The molecule has 2 rings (SSSR count). The van der Waals surface area contributed by atoms with Gasteiger partial charge in [0, 0.05) is 11.3 Å². The summed E-state index contributed by atoms with van der Waals surface area (Å²) in [6.45, 7) is 2.19. The molecule has 18 heavy (non-hydrogen) atoms. The van der Waals surface area contributed by atoms with Crippen molar-refractivity contribution in [1.82, 2.24) is 5.32 Å². The van der Waals surface area contributed by atoms with E-state index in [1.54, 1.807) is 0 Å². The minimum atomic E-state index is -0.523. The second-order valence-corrected chi connectivity index (χ2v) is 7.38. The van der Waals surface area contributed by atoms with Crippen molar-refractivity contribution in [3.63, 3.8) is 0 Å². The molecular weight excluding hydrogens is 264 g/mol. The fraction of sp³-hybridized carbons (Fsp3) is 0.846. The van der Waals surface area contributed by atoms with Gasteiger partial charge >= 0.3 is 0 Å². The summed E-state index contributed by atoms with van der Waals surface area (Å²) < 4.78 is 0. The molecule has 0 saturated heterocycles. The van der Waals surface area contributed by atoms with E-state index in [4.69, 9.17) is 18.0 Å². The zero-order chi connectivity index (χ0) is 13.2. The SMILES string of the molecule is CCSC1CCC(NC(=O)C2(C(N)=S)CCC2)C1. The number of amides is 1. The quantitative estimate of drug-likeness (QED) is 0.761. The number of thiocarbonyl (C=S) groups is 1. The first-order chi connectivity index (χ1) is 8.58. The van der Waals surface area contributed by atoms with Crippen LogP contribution in [0.15, 0.2) is 0 Å². The molecule has 0 aromatic heterocycles. The molecule has 5 heteroatoms. The lowest BCUT2D eigenvalue weighted by Crippen LogP contribution is -2.54. The van der Waals surface area contributed by atoms with Crippen molar-refractivity contribution in [3.8, 4) is 0 Å². The van der Waals surface area contributed by atoms with Gasteiger partial charge in [-0.3, -0.25) is 4.79 Å². The summed E-state index contributed by atoms with van der Waals surface area (Å²) in [5.74, 6) is 1.23. The minimum Gasteiger partial charge on any atom is -0.392 e. The van der Waals surface area contributed by atoms with Crippen molar-refractivity contribution in [1.29, 1.82) is 0 Å². The van der Waals surface area contributed by atoms with E-state index in [1.807, 2.05) is 11.8 Å². The van der Waals surface area contributed by atoms with Crippen molar-refractivity contribution < 1.29 is 4.79 Å². The lowest BCUT2D eigenvalue weighted by atomic mass is 9.68. The monoisotopic (exact) mass is 286 g/mol. The maximum absolute atomic E-state index is 12.3. The highest BCUT2D eigenvalue weighted by molar-refractivity contribution is 7.99. The number of rotatable bonds is 5. The molecule has 2 aliphatic rings. The zero-order valence-corrected chi connectivity index (χ0v) is 12.5. The zero-order valence-electron chi connectivity index (χ0n) is 10.9. The van der Waals surface area contributed by atoms with Gasteiger partial charge < -0.3 is 11.1 Å². The van der Waals surface area contributed by atoms with Crippen LogP contribution in [0.3, 0.4) is 0 Å². The Morgan fingerprint density at radius 3 is 2.72 bits per heavy atom. The molecule has 2 saturated carbocycles. The third-order valence-electron chi connectivity index (χ3n) is 4.24. The molecule has 3 N–H and O–H groups in total.